The van der Waals surface area contributed by atoms with Crippen molar-refractivity contribution in [2.75, 3.05) is 0 Å². The first kappa shape index (κ1) is 17.3. The van der Waals surface area contributed by atoms with E-state index < -0.39 is 5.91 Å². The Balaban J connectivity index is 1.95. The van der Waals surface area contributed by atoms with E-state index in [4.69, 9.17) is 10.5 Å². The van der Waals surface area contributed by atoms with E-state index in [0.717, 1.165) is 17.1 Å². The number of nitrogens with zero attached hydrogens (tertiary/aromatic N) is 5. The number of nitrogens with one attached hydrogen (secondary N) is 2. The molecule has 0 aliphatic rings. The van der Waals surface area contributed by atoms with Crippen LogP contribution in [0.4, 0.5) is 0 Å². The van der Waals surface area contributed by atoms with Crippen LogP contribution in [-0.4, -0.2) is 36.1 Å². The molecule has 0 saturated heterocycles. The standard InChI is InChI=1S/C17H17N7O2/c1-10(2)16(24-9-12(21-23-24)4-6-15(25)22-26)17-19-13-5-3-11(8-18)7-14(13)20-17/h3-7,9-10,16,26H,1-2H3,(H,19,20)(H,22,25). The molecule has 0 radical (unpaired) electrons. The summed E-state index contributed by atoms with van der Waals surface area (Å²) in [5.74, 6) is 0.217. The number of hydroxylamine groups is 1. The van der Waals surface area contributed by atoms with E-state index in [2.05, 4.69) is 26.3 Å². The fourth-order valence-electron chi connectivity index (χ4n) is 2.69. The highest BCUT2D eigenvalue weighted by atomic mass is 16.5. The summed E-state index contributed by atoms with van der Waals surface area (Å²) in [6, 6.07) is 7.19. The van der Waals surface area contributed by atoms with Crippen LogP contribution in [0.25, 0.3) is 17.1 Å². The molecule has 0 saturated carbocycles. The molecule has 26 heavy (non-hydrogen) atoms. The number of imidazole rings is 1. The van der Waals surface area contributed by atoms with Gasteiger partial charge in [0.15, 0.2) is 0 Å². The van der Waals surface area contributed by atoms with Crippen molar-refractivity contribution in [1.82, 2.24) is 30.4 Å². The van der Waals surface area contributed by atoms with Crippen molar-refractivity contribution in [3.63, 3.8) is 0 Å². The SMILES string of the molecule is CC(C)C(c1nc2ccc(C#N)cc2[nH]1)n1cc(C=CC(=O)NO)nn1. The van der Waals surface area contributed by atoms with Crippen molar-refractivity contribution in [3.8, 4) is 6.07 Å². The molecule has 0 spiro atoms. The van der Waals surface area contributed by atoms with Crippen molar-refractivity contribution in [3.05, 3.63) is 47.6 Å². The average Bonchev–Trinajstić information content (AvgIpc) is 3.25. The number of H-pyrrole nitrogens is 1. The first-order valence-corrected chi connectivity index (χ1v) is 7.95. The maximum Gasteiger partial charge on any atom is 0.267 e. The average molecular weight is 351 g/mol. The smallest absolute Gasteiger partial charge is 0.267 e. The van der Waals surface area contributed by atoms with Crippen LogP contribution in [0.3, 0.4) is 0 Å². The van der Waals surface area contributed by atoms with Crippen LogP contribution in [-0.2, 0) is 4.79 Å². The molecule has 0 bridgehead atoms. The number of carbonyl (C=O) groups is 1. The summed E-state index contributed by atoms with van der Waals surface area (Å²) >= 11 is 0. The summed E-state index contributed by atoms with van der Waals surface area (Å²) in [5, 5.41) is 25.7. The van der Waals surface area contributed by atoms with E-state index in [0.29, 0.717) is 17.1 Å². The third-order valence-electron chi connectivity index (χ3n) is 3.87. The van der Waals surface area contributed by atoms with Gasteiger partial charge in [-0.15, -0.1) is 5.10 Å². The Kier molecular flexibility index (Phi) is 4.77. The van der Waals surface area contributed by atoms with Crippen LogP contribution < -0.4 is 5.48 Å². The quantitative estimate of drug-likeness (QED) is 0.365. The maximum absolute atomic E-state index is 11.1. The van der Waals surface area contributed by atoms with Crippen molar-refractivity contribution in [1.29, 1.82) is 5.26 Å². The predicted molar refractivity (Wildman–Crippen MR) is 92.8 cm³/mol. The minimum Gasteiger partial charge on any atom is -0.340 e. The van der Waals surface area contributed by atoms with Crippen LogP contribution in [0, 0.1) is 17.2 Å². The molecule has 0 aliphatic heterocycles. The summed E-state index contributed by atoms with van der Waals surface area (Å²) < 4.78 is 1.67. The number of hydrogen-bond donors (Lipinski definition) is 3. The lowest BCUT2D eigenvalue weighted by molar-refractivity contribution is -0.124. The molecule has 0 aliphatic carbocycles. The van der Waals surface area contributed by atoms with E-state index in [9.17, 15) is 4.79 Å². The van der Waals surface area contributed by atoms with Crippen LogP contribution in [0.1, 0.15) is 37.0 Å². The molecule has 0 fully saturated rings. The Morgan fingerprint density at radius 2 is 2.27 bits per heavy atom. The second kappa shape index (κ2) is 7.16. The van der Waals surface area contributed by atoms with Crippen molar-refractivity contribution < 1.29 is 10.0 Å². The van der Waals surface area contributed by atoms with Gasteiger partial charge >= 0.3 is 0 Å². The summed E-state index contributed by atoms with van der Waals surface area (Å²) in [5.41, 5.74) is 4.10. The summed E-state index contributed by atoms with van der Waals surface area (Å²) in [6.45, 7) is 4.07. The molecule has 1 amide bonds. The number of hydrogen-bond acceptors (Lipinski definition) is 6. The van der Waals surface area contributed by atoms with Gasteiger partial charge < -0.3 is 4.98 Å². The highest BCUT2D eigenvalue weighted by Gasteiger charge is 2.23. The van der Waals surface area contributed by atoms with E-state index in [1.165, 1.54) is 11.6 Å². The van der Waals surface area contributed by atoms with Crippen LogP contribution in [0.2, 0.25) is 0 Å². The molecular formula is C17H17N7O2. The zero-order valence-corrected chi connectivity index (χ0v) is 14.2. The minimum atomic E-state index is -0.648. The molecule has 9 heteroatoms. The number of amides is 1. The Bertz CT molecular complexity index is 1010. The molecule has 3 N–H and O–H groups in total. The maximum atomic E-state index is 11.1. The number of rotatable bonds is 5. The largest absolute Gasteiger partial charge is 0.340 e. The fraction of sp³-hybridized carbons (Fsp3) is 0.235. The van der Waals surface area contributed by atoms with Gasteiger partial charge in [-0.3, -0.25) is 10.0 Å². The molecule has 9 nitrogen and oxygen atoms in total. The van der Waals surface area contributed by atoms with Gasteiger partial charge in [0, 0.05) is 6.08 Å². The zero-order chi connectivity index (χ0) is 18.7. The number of fused-ring (bicyclic) bond motifs is 1. The molecule has 1 atom stereocenters. The number of benzene rings is 1. The molecule has 2 heterocycles. The van der Waals surface area contributed by atoms with Gasteiger partial charge in [0.2, 0.25) is 0 Å². The van der Waals surface area contributed by atoms with Gasteiger partial charge in [0.25, 0.3) is 5.91 Å². The van der Waals surface area contributed by atoms with Crippen LogP contribution >= 0.6 is 0 Å². The topological polar surface area (TPSA) is 133 Å². The van der Waals surface area contributed by atoms with Gasteiger partial charge in [0.05, 0.1) is 28.9 Å². The summed E-state index contributed by atoms with van der Waals surface area (Å²) in [7, 11) is 0. The lowest BCUT2D eigenvalue weighted by Gasteiger charge is -2.18. The minimum absolute atomic E-state index is 0.158. The zero-order valence-electron chi connectivity index (χ0n) is 14.2. The number of aromatic amines is 1. The van der Waals surface area contributed by atoms with Gasteiger partial charge in [-0.25, -0.2) is 15.1 Å². The first-order chi connectivity index (χ1) is 12.5. The third kappa shape index (κ3) is 3.45. The molecule has 1 aromatic carbocycles. The van der Waals surface area contributed by atoms with Crippen molar-refractivity contribution >= 4 is 23.0 Å². The van der Waals surface area contributed by atoms with E-state index in [-0.39, 0.29) is 12.0 Å². The van der Waals surface area contributed by atoms with Gasteiger partial charge in [-0.1, -0.05) is 19.1 Å². The molecule has 2 aromatic heterocycles. The number of nitriles is 1. The Morgan fingerprint density at radius 1 is 1.46 bits per heavy atom. The van der Waals surface area contributed by atoms with Crippen molar-refractivity contribution in [2.24, 2.45) is 5.92 Å². The van der Waals surface area contributed by atoms with Crippen LogP contribution in [0.5, 0.6) is 0 Å². The van der Waals surface area contributed by atoms with Crippen molar-refractivity contribution in [2.45, 2.75) is 19.9 Å². The van der Waals surface area contributed by atoms with Gasteiger partial charge in [0.1, 0.15) is 17.6 Å². The highest BCUT2D eigenvalue weighted by Crippen LogP contribution is 2.26. The first-order valence-electron chi connectivity index (χ1n) is 7.95. The molecule has 3 aromatic rings. The monoisotopic (exact) mass is 351 g/mol. The molecule has 132 valence electrons. The summed E-state index contributed by atoms with van der Waals surface area (Å²) in [4.78, 5) is 18.9. The van der Waals surface area contributed by atoms with Crippen LogP contribution in [0.15, 0.2) is 30.5 Å². The van der Waals surface area contributed by atoms with E-state index >= 15 is 0 Å². The molecule has 3 rings (SSSR count). The van der Waals surface area contributed by atoms with Gasteiger partial charge in [-0.05, 0) is 30.2 Å². The lowest BCUT2D eigenvalue weighted by Crippen LogP contribution is -2.18. The number of carbonyl (C=O) groups excluding carboxylic acids is 1. The highest BCUT2D eigenvalue weighted by molar-refractivity contribution is 5.90. The van der Waals surface area contributed by atoms with Gasteiger partial charge in [-0.2, -0.15) is 5.26 Å². The third-order valence-corrected chi connectivity index (χ3v) is 3.87. The number of aromatic nitrogens is 5. The Labute approximate surface area is 148 Å². The Morgan fingerprint density at radius 3 is 2.96 bits per heavy atom. The molecular weight excluding hydrogens is 334 g/mol. The van der Waals surface area contributed by atoms with E-state index in [1.54, 1.807) is 29.1 Å². The second-order valence-corrected chi connectivity index (χ2v) is 6.09. The summed E-state index contributed by atoms with van der Waals surface area (Å²) in [6.07, 6.45) is 4.30. The predicted octanol–water partition coefficient (Wildman–Crippen LogP) is 1.79. The Hall–Kier alpha value is -3.51. The second-order valence-electron chi connectivity index (χ2n) is 6.09. The molecule has 1 unspecified atom stereocenters. The normalized spacial score (nSPS) is 12.6. The lowest BCUT2D eigenvalue weighted by atomic mass is 10.0. The van der Waals surface area contributed by atoms with E-state index in [1.807, 2.05) is 13.8 Å². The fourth-order valence-corrected chi connectivity index (χ4v) is 2.69.